The Bertz CT molecular complexity index is 882. The highest BCUT2D eigenvalue weighted by Gasteiger charge is 2.48. The molecule has 0 bridgehead atoms. The minimum absolute atomic E-state index is 0.0345. The molecule has 0 fully saturated rings. The third-order valence-electron chi connectivity index (χ3n) is 2.64. The molecular formula is C12H7ClF3NO5S. The van der Waals surface area contributed by atoms with Gasteiger partial charge < -0.3 is 8.92 Å². The van der Waals surface area contributed by atoms with E-state index in [4.69, 9.17) is 11.6 Å². The van der Waals surface area contributed by atoms with Gasteiger partial charge in [0.05, 0.1) is 23.2 Å². The first-order valence-electron chi connectivity index (χ1n) is 5.74. The van der Waals surface area contributed by atoms with Crippen LogP contribution in [0.5, 0.6) is 5.88 Å². The van der Waals surface area contributed by atoms with Gasteiger partial charge >= 0.3 is 21.6 Å². The van der Waals surface area contributed by atoms with Gasteiger partial charge in [-0.2, -0.15) is 21.6 Å². The minimum atomic E-state index is -5.88. The molecule has 1 aromatic heterocycles. The quantitative estimate of drug-likeness (QED) is 0.470. The molecule has 1 heterocycles. The van der Waals surface area contributed by atoms with Gasteiger partial charge in [0.1, 0.15) is 0 Å². The first-order valence-corrected chi connectivity index (χ1v) is 7.53. The van der Waals surface area contributed by atoms with E-state index in [9.17, 15) is 26.4 Å². The van der Waals surface area contributed by atoms with E-state index in [0.717, 1.165) is 13.2 Å². The zero-order chi connectivity index (χ0) is 17.4. The fraction of sp³-hybridized carbons (Fsp3) is 0.167. The maximum atomic E-state index is 12.3. The van der Waals surface area contributed by atoms with E-state index in [1.54, 1.807) is 0 Å². The minimum Gasteiger partial charge on any atom is -0.465 e. The van der Waals surface area contributed by atoms with Crippen molar-refractivity contribution in [1.29, 1.82) is 0 Å². The molecule has 0 saturated carbocycles. The zero-order valence-electron chi connectivity index (χ0n) is 11.2. The Kier molecular flexibility index (Phi) is 4.40. The van der Waals surface area contributed by atoms with E-state index in [0.29, 0.717) is 0 Å². The number of rotatable bonds is 3. The smallest absolute Gasteiger partial charge is 0.465 e. The molecule has 11 heteroatoms. The molecule has 0 unspecified atom stereocenters. The van der Waals surface area contributed by atoms with Crippen LogP contribution in [0, 0.1) is 0 Å². The summed E-state index contributed by atoms with van der Waals surface area (Å²) in [5, 5.41) is 0.190. The predicted octanol–water partition coefficient (Wildman–Crippen LogP) is 2.90. The number of aromatic nitrogens is 1. The molecule has 0 aliphatic heterocycles. The van der Waals surface area contributed by atoms with Crippen molar-refractivity contribution in [2.45, 2.75) is 5.51 Å². The van der Waals surface area contributed by atoms with Crippen LogP contribution >= 0.6 is 11.6 Å². The average molecular weight is 370 g/mol. The summed E-state index contributed by atoms with van der Waals surface area (Å²) >= 11 is 5.86. The molecule has 0 radical (unpaired) electrons. The summed E-state index contributed by atoms with van der Waals surface area (Å²) in [6, 6.07) is 4.76. The summed E-state index contributed by atoms with van der Waals surface area (Å²) in [6.07, 6.45) is 0. The lowest BCUT2D eigenvalue weighted by molar-refractivity contribution is -0.0501. The number of hydrogen-bond acceptors (Lipinski definition) is 6. The molecular weight excluding hydrogens is 363 g/mol. The topological polar surface area (TPSA) is 82.6 Å². The Hall–Kier alpha value is -2.07. The second-order valence-corrected chi connectivity index (χ2v) is 6.09. The average Bonchev–Trinajstić information content (AvgIpc) is 2.44. The van der Waals surface area contributed by atoms with Gasteiger partial charge in [-0.1, -0.05) is 17.7 Å². The SMILES string of the molecule is COC(=O)c1ccc2c(Cl)cc(OS(=O)(=O)C(F)(F)F)nc2c1. The van der Waals surface area contributed by atoms with Gasteiger partial charge in [-0.15, -0.1) is 0 Å². The van der Waals surface area contributed by atoms with Crippen LogP contribution in [0.4, 0.5) is 13.2 Å². The van der Waals surface area contributed by atoms with Gasteiger partial charge in [-0.05, 0) is 12.1 Å². The molecule has 23 heavy (non-hydrogen) atoms. The van der Waals surface area contributed by atoms with Gasteiger partial charge in [-0.25, -0.2) is 9.78 Å². The third kappa shape index (κ3) is 3.48. The third-order valence-corrected chi connectivity index (χ3v) is 3.91. The van der Waals surface area contributed by atoms with E-state index >= 15 is 0 Å². The fourth-order valence-electron chi connectivity index (χ4n) is 1.61. The van der Waals surface area contributed by atoms with E-state index in [1.165, 1.54) is 18.2 Å². The Labute approximate surface area is 132 Å². The van der Waals surface area contributed by atoms with Crippen LogP contribution < -0.4 is 4.18 Å². The molecule has 2 aromatic rings. The molecule has 1 aromatic carbocycles. The van der Waals surface area contributed by atoms with Crippen LogP contribution in [0.3, 0.4) is 0 Å². The Morgan fingerprint density at radius 1 is 1.26 bits per heavy atom. The van der Waals surface area contributed by atoms with Gasteiger partial charge in [0.25, 0.3) is 0 Å². The van der Waals surface area contributed by atoms with Crippen molar-refractivity contribution in [3.05, 3.63) is 34.9 Å². The lowest BCUT2D eigenvalue weighted by Gasteiger charge is -2.10. The highest BCUT2D eigenvalue weighted by molar-refractivity contribution is 7.87. The van der Waals surface area contributed by atoms with Gasteiger partial charge in [0.15, 0.2) is 0 Å². The molecule has 0 N–H and O–H groups in total. The van der Waals surface area contributed by atoms with Crippen LogP contribution in [0.1, 0.15) is 10.4 Å². The van der Waals surface area contributed by atoms with Crippen molar-refractivity contribution < 1.29 is 35.3 Å². The van der Waals surface area contributed by atoms with Crippen LogP contribution in [-0.2, 0) is 14.9 Å². The van der Waals surface area contributed by atoms with Gasteiger partial charge in [0.2, 0.25) is 5.88 Å². The normalized spacial score (nSPS) is 12.2. The molecule has 6 nitrogen and oxygen atoms in total. The number of pyridine rings is 1. The number of benzene rings is 1. The number of fused-ring (bicyclic) bond motifs is 1. The predicted molar refractivity (Wildman–Crippen MR) is 73.7 cm³/mol. The van der Waals surface area contributed by atoms with Crippen molar-refractivity contribution in [3.63, 3.8) is 0 Å². The first-order chi connectivity index (χ1) is 10.5. The van der Waals surface area contributed by atoms with Gasteiger partial charge in [0, 0.05) is 11.5 Å². The van der Waals surface area contributed by atoms with Crippen molar-refractivity contribution >= 4 is 38.6 Å². The summed E-state index contributed by atoms with van der Waals surface area (Å²) in [5.74, 6) is -1.58. The Morgan fingerprint density at radius 2 is 1.91 bits per heavy atom. The van der Waals surface area contributed by atoms with E-state index < -0.39 is 27.5 Å². The second kappa shape index (κ2) is 5.85. The molecule has 0 spiro atoms. The van der Waals surface area contributed by atoms with Gasteiger partial charge in [-0.3, -0.25) is 0 Å². The second-order valence-electron chi connectivity index (χ2n) is 4.15. The number of hydrogen-bond donors (Lipinski definition) is 0. The molecule has 124 valence electrons. The number of esters is 1. The van der Waals surface area contributed by atoms with Crippen molar-refractivity contribution in [2.24, 2.45) is 0 Å². The standard InChI is InChI=1S/C12H7ClF3NO5S/c1-21-11(18)6-2-3-7-8(13)5-10(17-9(7)4-6)22-23(19,20)12(14,15)16/h2-5H,1H3. The van der Waals surface area contributed by atoms with Crippen LogP contribution in [0.25, 0.3) is 10.9 Å². The molecule has 0 aliphatic carbocycles. The van der Waals surface area contributed by atoms with Crippen LogP contribution in [0.15, 0.2) is 24.3 Å². The summed E-state index contributed by atoms with van der Waals surface area (Å²) in [7, 11) is -4.74. The largest absolute Gasteiger partial charge is 0.534 e. The highest BCUT2D eigenvalue weighted by Crippen LogP contribution is 2.31. The van der Waals surface area contributed by atoms with Crippen LogP contribution in [0.2, 0.25) is 5.02 Å². The number of ether oxygens (including phenoxy) is 1. The fourth-order valence-corrected chi connectivity index (χ4v) is 2.27. The zero-order valence-corrected chi connectivity index (χ0v) is 12.8. The molecule has 0 atom stereocenters. The van der Waals surface area contributed by atoms with Crippen molar-refractivity contribution in [3.8, 4) is 5.88 Å². The van der Waals surface area contributed by atoms with Crippen molar-refractivity contribution in [2.75, 3.05) is 7.11 Å². The molecule has 0 saturated heterocycles. The molecule has 0 amide bonds. The van der Waals surface area contributed by atoms with Crippen molar-refractivity contribution in [1.82, 2.24) is 4.98 Å². The number of nitrogens with zero attached hydrogens (tertiary/aromatic N) is 1. The summed E-state index contributed by atoms with van der Waals surface area (Å²) < 4.78 is 67.3. The number of halogens is 4. The number of methoxy groups -OCH3 is 1. The number of carbonyl (C=O) groups excluding carboxylic acids is 1. The number of alkyl halides is 3. The lowest BCUT2D eigenvalue weighted by Crippen LogP contribution is -2.28. The van der Waals surface area contributed by atoms with E-state index in [-0.39, 0.29) is 21.5 Å². The highest BCUT2D eigenvalue weighted by atomic mass is 35.5. The summed E-state index contributed by atoms with van der Waals surface area (Å²) in [4.78, 5) is 15.0. The van der Waals surface area contributed by atoms with Crippen LogP contribution in [-0.4, -0.2) is 32.0 Å². The monoisotopic (exact) mass is 369 g/mol. The maximum absolute atomic E-state index is 12.3. The maximum Gasteiger partial charge on any atom is 0.534 e. The summed E-state index contributed by atoms with van der Waals surface area (Å²) in [5.41, 5.74) is -5.59. The molecule has 0 aliphatic rings. The lowest BCUT2D eigenvalue weighted by atomic mass is 10.1. The first kappa shape index (κ1) is 17.3. The van der Waals surface area contributed by atoms with E-state index in [2.05, 4.69) is 13.9 Å². The number of carbonyl (C=O) groups is 1. The summed E-state index contributed by atoms with van der Waals surface area (Å²) in [6.45, 7) is 0. The van der Waals surface area contributed by atoms with E-state index in [1.807, 2.05) is 0 Å². The Morgan fingerprint density at radius 3 is 2.48 bits per heavy atom. The Balaban J connectivity index is 2.53. The molecule has 2 rings (SSSR count).